The van der Waals surface area contributed by atoms with Crippen LogP contribution < -0.4 is 10.7 Å². The van der Waals surface area contributed by atoms with Crippen LogP contribution in [0, 0.1) is 0 Å². The van der Waals surface area contributed by atoms with Gasteiger partial charge in [-0.3, -0.25) is 10.2 Å². The average molecular weight is 357 g/mol. The van der Waals surface area contributed by atoms with Gasteiger partial charge in [0.2, 0.25) is 11.7 Å². The molecule has 134 valence electrons. The third-order valence-corrected chi connectivity index (χ3v) is 3.54. The zero-order valence-corrected chi connectivity index (χ0v) is 14.8. The Bertz CT molecular complexity index is 935. The Morgan fingerprint density at radius 1 is 0.778 bits per heavy atom. The van der Waals surface area contributed by atoms with Crippen molar-refractivity contribution in [2.45, 2.75) is 6.92 Å². The van der Waals surface area contributed by atoms with Crippen molar-refractivity contribution in [3.05, 3.63) is 90.5 Å². The number of hydrogen-bond acceptors (Lipinski definition) is 4. The molecular formula is C21H19N5O. The number of hydrazone groups is 1. The third kappa shape index (κ3) is 5.61. The predicted octanol–water partition coefficient (Wildman–Crippen LogP) is 5.20. The van der Waals surface area contributed by atoms with Crippen molar-refractivity contribution < 1.29 is 4.79 Å². The van der Waals surface area contributed by atoms with Gasteiger partial charge in [-0.1, -0.05) is 48.5 Å². The van der Waals surface area contributed by atoms with Crippen molar-refractivity contribution in [1.82, 2.24) is 0 Å². The van der Waals surface area contributed by atoms with Gasteiger partial charge in [0.1, 0.15) is 0 Å². The summed E-state index contributed by atoms with van der Waals surface area (Å²) in [6.45, 7) is 1.47. The second-order valence-electron chi connectivity index (χ2n) is 5.71. The van der Waals surface area contributed by atoms with Crippen LogP contribution in [0.4, 0.5) is 17.1 Å². The van der Waals surface area contributed by atoms with E-state index in [1.54, 1.807) is 24.3 Å². The fourth-order valence-corrected chi connectivity index (χ4v) is 2.28. The molecule has 0 aliphatic heterocycles. The van der Waals surface area contributed by atoms with E-state index >= 15 is 0 Å². The molecule has 0 spiro atoms. The Kier molecular flexibility index (Phi) is 6.04. The molecular weight excluding hydrogens is 338 g/mol. The first-order chi connectivity index (χ1) is 13.2. The monoisotopic (exact) mass is 357 g/mol. The summed E-state index contributed by atoms with van der Waals surface area (Å²) in [4.78, 5) is 11.1. The minimum Gasteiger partial charge on any atom is -0.326 e. The molecule has 6 nitrogen and oxygen atoms in total. The number of azo groups is 1. The summed E-state index contributed by atoms with van der Waals surface area (Å²) in [5.74, 6) is 0.347. The molecule has 27 heavy (non-hydrogen) atoms. The maximum absolute atomic E-state index is 11.1. The quantitative estimate of drug-likeness (QED) is 0.285. The van der Waals surface area contributed by atoms with E-state index in [1.165, 1.54) is 6.92 Å². The summed E-state index contributed by atoms with van der Waals surface area (Å²) in [6.07, 6.45) is 0. The molecule has 1 amide bonds. The highest BCUT2D eigenvalue weighted by Crippen LogP contribution is 2.17. The molecule has 0 saturated carbocycles. The second-order valence-corrected chi connectivity index (χ2v) is 5.71. The van der Waals surface area contributed by atoms with Crippen molar-refractivity contribution >= 4 is 28.8 Å². The Hall–Kier alpha value is -3.80. The lowest BCUT2D eigenvalue weighted by molar-refractivity contribution is -0.114. The number of amides is 1. The van der Waals surface area contributed by atoms with Crippen LogP contribution in [0.15, 0.2) is 100 Å². The van der Waals surface area contributed by atoms with Gasteiger partial charge in [-0.25, -0.2) is 0 Å². The fraction of sp³-hybridized carbons (Fsp3) is 0.0476. The van der Waals surface area contributed by atoms with E-state index < -0.39 is 0 Å². The first-order valence-electron chi connectivity index (χ1n) is 8.44. The van der Waals surface area contributed by atoms with Crippen molar-refractivity contribution in [2.75, 3.05) is 10.7 Å². The van der Waals surface area contributed by atoms with Crippen molar-refractivity contribution in [2.24, 2.45) is 15.3 Å². The molecule has 2 N–H and O–H groups in total. The first-order valence-corrected chi connectivity index (χ1v) is 8.44. The SMILES string of the molecule is CC(=O)Nc1ccc(N=N/C(=N\Nc2ccccc2)c2ccccc2)cc1. The largest absolute Gasteiger partial charge is 0.326 e. The molecule has 0 unspecified atom stereocenters. The van der Waals surface area contributed by atoms with Crippen LogP contribution in [0.25, 0.3) is 0 Å². The van der Waals surface area contributed by atoms with Crippen LogP contribution in [-0.2, 0) is 4.79 Å². The van der Waals surface area contributed by atoms with Gasteiger partial charge < -0.3 is 5.32 Å². The smallest absolute Gasteiger partial charge is 0.221 e. The first kappa shape index (κ1) is 18.0. The summed E-state index contributed by atoms with van der Waals surface area (Å²) in [7, 11) is 0. The molecule has 0 aromatic heterocycles. The Morgan fingerprint density at radius 2 is 1.41 bits per heavy atom. The van der Waals surface area contributed by atoms with Gasteiger partial charge in [0.05, 0.1) is 11.4 Å². The third-order valence-electron chi connectivity index (χ3n) is 3.54. The van der Waals surface area contributed by atoms with Crippen LogP contribution in [0.1, 0.15) is 12.5 Å². The Balaban J connectivity index is 1.80. The maximum Gasteiger partial charge on any atom is 0.221 e. The molecule has 0 saturated heterocycles. The summed E-state index contributed by atoms with van der Waals surface area (Å²) < 4.78 is 0. The summed E-state index contributed by atoms with van der Waals surface area (Å²) in [5, 5.41) is 15.7. The fourth-order valence-electron chi connectivity index (χ4n) is 2.28. The topological polar surface area (TPSA) is 78.2 Å². The van der Waals surface area contributed by atoms with E-state index in [4.69, 9.17) is 0 Å². The second kappa shape index (κ2) is 9.05. The van der Waals surface area contributed by atoms with Crippen molar-refractivity contribution in [1.29, 1.82) is 0 Å². The lowest BCUT2D eigenvalue weighted by Crippen LogP contribution is -2.04. The van der Waals surface area contributed by atoms with Crippen molar-refractivity contribution in [3.8, 4) is 0 Å². The number of nitrogens with one attached hydrogen (secondary N) is 2. The summed E-state index contributed by atoms with van der Waals surface area (Å²) in [5.41, 5.74) is 6.08. The van der Waals surface area contributed by atoms with Gasteiger partial charge in [0.25, 0.3) is 0 Å². The highest BCUT2D eigenvalue weighted by atomic mass is 16.1. The zero-order valence-electron chi connectivity index (χ0n) is 14.8. The van der Waals surface area contributed by atoms with E-state index in [1.807, 2.05) is 60.7 Å². The highest BCUT2D eigenvalue weighted by Gasteiger charge is 2.03. The molecule has 0 bridgehead atoms. The van der Waals surface area contributed by atoms with E-state index in [-0.39, 0.29) is 5.91 Å². The highest BCUT2D eigenvalue weighted by molar-refractivity contribution is 5.99. The molecule has 0 heterocycles. The molecule has 3 rings (SSSR count). The molecule has 0 atom stereocenters. The molecule has 0 radical (unpaired) electrons. The van der Waals surface area contributed by atoms with E-state index in [0.717, 1.165) is 11.3 Å². The molecule has 0 aliphatic rings. The molecule has 3 aromatic rings. The number of benzene rings is 3. The lowest BCUT2D eigenvalue weighted by Gasteiger charge is -2.04. The van der Waals surface area contributed by atoms with Crippen LogP contribution in [-0.4, -0.2) is 11.7 Å². The number of anilines is 2. The normalized spacial score (nSPS) is 11.4. The number of nitrogens with zero attached hydrogens (tertiary/aromatic N) is 3. The minimum absolute atomic E-state index is 0.116. The van der Waals surface area contributed by atoms with Crippen LogP contribution in [0.2, 0.25) is 0 Å². The predicted molar refractivity (Wildman–Crippen MR) is 108 cm³/mol. The van der Waals surface area contributed by atoms with E-state index in [9.17, 15) is 4.79 Å². The van der Waals surface area contributed by atoms with Crippen LogP contribution >= 0.6 is 0 Å². The van der Waals surface area contributed by atoms with Gasteiger partial charge in [0, 0.05) is 18.2 Å². The molecule has 0 fully saturated rings. The molecule has 6 heteroatoms. The Morgan fingerprint density at radius 3 is 2.04 bits per heavy atom. The number of amidine groups is 1. The molecule has 0 aliphatic carbocycles. The minimum atomic E-state index is -0.116. The van der Waals surface area contributed by atoms with Gasteiger partial charge in [-0.2, -0.15) is 5.10 Å². The maximum atomic E-state index is 11.1. The summed E-state index contributed by atoms with van der Waals surface area (Å²) >= 11 is 0. The Labute approximate surface area is 157 Å². The molecule has 3 aromatic carbocycles. The van der Waals surface area contributed by atoms with Crippen LogP contribution in [0.5, 0.6) is 0 Å². The zero-order chi connectivity index (χ0) is 18.9. The number of para-hydroxylation sites is 1. The van der Waals surface area contributed by atoms with Gasteiger partial charge in [-0.05, 0) is 36.4 Å². The van der Waals surface area contributed by atoms with Gasteiger partial charge >= 0.3 is 0 Å². The van der Waals surface area contributed by atoms with Gasteiger partial charge in [0.15, 0.2) is 0 Å². The number of rotatable bonds is 5. The number of carbonyl (C=O) groups is 1. The van der Waals surface area contributed by atoms with Gasteiger partial charge in [-0.15, -0.1) is 10.2 Å². The standard InChI is InChI=1S/C21H19N5O/c1-16(27)22-18-12-14-20(15-13-18)24-26-21(17-8-4-2-5-9-17)25-23-19-10-6-3-7-11-19/h2-15,23H,1H3,(H,22,27)/b25-21-,26-24?. The van der Waals surface area contributed by atoms with Crippen LogP contribution in [0.3, 0.4) is 0 Å². The average Bonchev–Trinajstić information content (AvgIpc) is 2.70. The summed E-state index contributed by atoms with van der Waals surface area (Å²) in [6, 6.07) is 26.4. The van der Waals surface area contributed by atoms with E-state index in [2.05, 4.69) is 26.1 Å². The van der Waals surface area contributed by atoms with Crippen molar-refractivity contribution in [3.63, 3.8) is 0 Å². The lowest BCUT2D eigenvalue weighted by atomic mass is 10.2. The number of hydrogen-bond donors (Lipinski definition) is 2. The number of carbonyl (C=O) groups excluding carboxylic acids is 1. The van der Waals surface area contributed by atoms with E-state index in [0.29, 0.717) is 17.2 Å².